The van der Waals surface area contributed by atoms with Gasteiger partial charge in [0, 0.05) is 0 Å². The molecule has 2 aromatic rings. The molecule has 2 rings (SSSR count). The Morgan fingerprint density at radius 2 is 2.00 bits per heavy atom. The van der Waals surface area contributed by atoms with Crippen LogP contribution in [0.3, 0.4) is 0 Å². The summed E-state index contributed by atoms with van der Waals surface area (Å²) >= 11 is 3.34. The van der Waals surface area contributed by atoms with E-state index in [0.717, 1.165) is 10.0 Å². The maximum absolute atomic E-state index is 13.4. The lowest BCUT2D eigenvalue weighted by atomic mass is 10.2. The molecule has 0 spiro atoms. The van der Waals surface area contributed by atoms with Crippen LogP contribution < -0.4 is 15.5 Å². The minimum atomic E-state index is -0.634. The van der Waals surface area contributed by atoms with Gasteiger partial charge < -0.3 is 10.1 Å². The van der Waals surface area contributed by atoms with Crippen molar-refractivity contribution >= 4 is 39.6 Å². The quantitative estimate of drug-likeness (QED) is 0.438. The average molecular weight is 408 g/mol. The van der Waals surface area contributed by atoms with Gasteiger partial charge >= 0.3 is 0 Å². The molecule has 6 nitrogen and oxygen atoms in total. The van der Waals surface area contributed by atoms with E-state index in [-0.39, 0.29) is 5.69 Å². The summed E-state index contributed by atoms with van der Waals surface area (Å²) in [5, 5.41) is 6.10. The third-order valence-corrected chi connectivity index (χ3v) is 3.67. The number of benzene rings is 2. The lowest BCUT2D eigenvalue weighted by molar-refractivity contribution is -0.126. The Morgan fingerprint density at radius 3 is 2.68 bits per heavy atom. The van der Waals surface area contributed by atoms with Crippen molar-refractivity contribution in [2.75, 3.05) is 12.4 Å². The number of carbonyl (C=O) groups excluding carboxylic acids is 2. The monoisotopic (exact) mass is 407 g/mol. The first-order valence-corrected chi connectivity index (χ1v) is 7.98. The second-order valence-electron chi connectivity index (χ2n) is 4.89. The molecule has 0 unspecified atom stereocenters. The Labute approximate surface area is 152 Å². The van der Waals surface area contributed by atoms with E-state index in [0.29, 0.717) is 5.75 Å². The van der Waals surface area contributed by atoms with E-state index >= 15 is 0 Å². The van der Waals surface area contributed by atoms with E-state index in [1.54, 1.807) is 31.4 Å². The lowest BCUT2D eigenvalue weighted by Gasteiger charge is -2.05. The van der Waals surface area contributed by atoms with Crippen molar-refractivity contribution in [2.24, 2.45) is 5.10 Å². The summed E-state index contributed by atoms with van der Waals surface area (Å²) in [5.41, 5.74) is 2.99. The molecule has 0 saturated carbocycles. The third kappa shape index (κ3) is 5.68. The molecule has 0 heterocycles. The molecule has 0 aliphatic carbocycles. The zero-order valence-corrected chi connectivity index (χ0v) is 14.8. The van der Waals surface area contributed by atoms with Gasteiger partial charge in [0.15, 0.2) is 0 Å². The van der Waals surface area contributed by atoms with Crippen LogP contribution in [0.2, 0.25) is 0 Å². The highest BCUT2D eigenvalue weighted by Crippen LogP contribution is 2.24. The number of hydrogen-bond acceptors (Lipinski definition) is 4. The zero-order valence-electron chi connectivity index (χ0n) is 13.3. The summed E-state index contributed by atoms with van der Waals surface area (Å²) in [6.07, 6.45) is 0.953. The molecule has 0 radical (unpaired) electrons. The van der Waals surface area contributed by atoms with Gasteiger partial charge in [0.05, 0.1) is 23.5 Å². The number of methoxy groups -OCH3 is 1. The highest BCUT2D eigenvalue weighted by molar-refractivity contribution is 9.10. The first kappa shape index (κ1) is 18.6. The van der Waals surface area contributed by atoms with E-state index in [1.165, 1.54) is 24.4 Å². The fourth-order valence-corrected chi connectivity index (χ4v) is 2.44. The van der Waals surface area contributed by atoms with Gasteiger partial charge in [-0.05, 0) is 51.8 Å². The molecule has 0 aliphatic rings. The van der Waals surface area contributed by atoms with Crippen molar-refractivity contribution in [3.8, 4) is 5.75 Å². The highest BCUT2D eigenvalue weighted by Gasteiger charge is 2.11. The topological polar surface area (TPSA) is 79.8 Å². The predicted octanol–water partition coefficient (Wildman–Crippen LogP) is 3.08. The predicted molar refractivity (Wildman–Crippen MR) is 96.1 cm³/mol. The molecule has 8 heteroatoms. The Bertz CT molecular complexity index is 811. The Hall–Kier alpha value is -2.74. The van der Waals surface area contributed by atoms with Crippen molar-refractivity contribution in [1.29, 1.82) is 0 Å². The molecule has 2 N–H and O–H groups in total. The number of carbonyl (C=O) groups is 2. The molecule has 130 valence electrons. The normalized spacial score (nSPS) is 10.5. The fourth-order valence-electron chi connectivity index (χ4n) is 1.88. The number of hydrazone groups is 1. The number of para-hydroxylation sites is 1. The molecule has 0 atom stereocenters. The summed E-state index contributed by atoms with van der Waals surface area (Å²) < 4.78 is 19.3. The van der Waals surface area contributed by atoms with Crippen molar-refractivity contribution in [1.82, 2.24) is 5.43 Å². The van der Waals surface area contributed by atoms with Gasteiger partial charge in [0.1, 0.15) is 18.0 Å². The van der Waals surface area contributed by atoms with Crippen LogP contribution in [0.1, 0.15) is 12.0 Å². The van der Waals surface area contributed by atoms with Crippen LogP contribution in [-0.4, -0.2) is 25.1 Å². The molecule has 0 aliphatic heterocycles. The van der Waals surface area contributed by atoms with Crippen molar-refractivity contribution < 1.29 is 18.7 Å². The van der Waals surface area contributed by atoms with Crippen LogP contribution in [0.15, 0.2) is 52.0 Å². The maximum atomic E-state index is 13.4. The van der Waals surface area contributed by atoms with Crippen LogP contribution in [0.25, 0.3) is 0 Å². The number of ether oxygens (including phenoxy) is 1. The Balaban J connectivity index is 1.85. The molecular formula is C17H15BrFN3O3. The van der Waals surface area contributed by atoms with Crippen LogP contribution in [0.4, 0.5) is 10.1 Å². The number of anilines is 1. The molecule has 0 aromatic heterocycles. The van der Waals surface area contributed by atoms with Crippen molar-refractivity contribution in [3.05, 3.63) is 58.3 Å². The summed E-state index contributed by atoms with van der Waals surface area (Å²) in [6, 6.07) is 11.0. The van der Waals surface area contributed by atoms with E-state index in [2.05, 4.69) is 31.8 Å². The summed E-state index contributed by atoms with van der Waals surface area (Å²) in [5.74, 6) is -1.15. The van der Waals surface area contributed by atoms with E-state index in [9.17, 15) is 14.0 Å². The molecule has 0 saturated heterocycles. The van der Waals surface area contributed by atoms with Gasteiger partial charge in [0.25, 0.3) is 0 Å². The SMILES string of the molecule is COc1ccc(C=NNC(=O)CC(=O)Nc2ccccc2F)cc1Br. The minimum absolute atomic E-state index is 0.0203. The number of halogens is 2. The van der Waals surface area contributed by atoms with E-state index in [1.807, 2.05) is 0 Å². The second-order valence-corrected chi connectivity index (χ2v) is 5.75. The van der Waals surface area contributed by atoms with Gasteiger partial charge in [-0.1, -0.05) is 12.1 Å². The smallest absolute Gasteiger partial charge is 0.249 e. The van der Waals surface area contributed by atoms with Gasteiger partial charge in [-0.15, -0.1) is 0 Å². The number of rotatable bonds is 6. The van der Waals surface area contributed by atoms with Crippen molar-refractivity contribution in [2.45, 2.75) is 6.42 Å². The summed E-state index contributed by atoms with van der Waals surface area (Å²) in [7, 11) is 1.56. The first-order valence-electron chi connectivity index (χ1n) is 7.19. The first-order chi connectivity index (χ1) is 12.0. The Kier molecular flexibility index (Phi) is 6.64. The maximum Gasteiger partial charge on any atom is 0.249 e. The van der Waals surface area contributed by atoms with Crippen LogP contribution in [0, 0.1) is 5.82 Å². The second kappa shape index (κ2) is 8.93. The fraction of sp³-hybridized carbons (Fsp3) is 0.118. The standard InChI is InChI=1S/C17H15BrFN3O3/c1-25-15-7-6-11(8-12(15)18)10-20-22-17(24)9-16(23)21-14-5-3-2-4-13(14)19/h2-8,10H,9H2,1H3,(H,21,23)(H,22,24). The van der Waals surface area contributed by atoms with E-state index in [4.69, 9.17) is 4.74 Å². The number of nitrogens with one attached hydrogen (secondary N) is 2. The van der Waals surface area contributed by atoms with Gasteiger partial charge in [0.2, 0.25) is 11.8 Å². The molecule has 0 fully saturated rings. The minimum Gasteiger partial charge on any atom is -0.496 e. The third-order valence-electron chi connectivity index (χ3n) is 3.05. The van der Waals surface area contributed by atoms with Crippen LogP contribution in [-0.2, 0) is 9.59 Å². The van der Waals surface area contributed by atoms with Gasteiger partial charge in [-0.2, -0.15) is 5.10 Å². The lowest BCUT2D eigenvalue weighted by Crippen LogP contribution is -2.24. The van der Waals surface area contributed by atoms with Gasteiger partial charge in [-0.3, -0.25) is 9.59 Å². The zero-order chi connectivity index (χ0) is 18.2. The molecule has 0 bridgehead atoms. The van der Waals surface area contributed by atoms with E-state index < -0.39 is 24.1 Å². The van der Waals surface area contributed by atoms with Crippen molar-refractivity contribution in [3.63, 3.8) is 0 Å². The molecular weight excluding hydrogens is 393 g/mol. The van der Waals surface area contributed by atoms with Crippen LogP contribution in [0.5, 0.6) is 5.75 Å². The highest BCUT2D eigenvalue weighted by atomic mass is 79.9. The Morgan fingerprint density at radius 1 is 1.24 bits per heavy atom. The number of amides is 2. The summed E-state index contributed by atoms with van der Waals surface area (Å²) in [6.45, 7) is 0. The largest absolute Gasteiger partial charge is 0.496 e. The molecule has 25 heavy (non-hydrogen) atoms. The molecule has 2 amide bonds. The summed E-state index contributed by atoms with van der Waals surface area (Å²) in [4.78, 5) is 23.4. The molecule has 2 aromatic carbocycles. The number of hydrogen-bond donors (Lipinski definition) is 2. The van der Waals surface area contributed by atoms with Crippen LogP contribution >= 0.6 is 15.9 Å². The average Bonchev–Trinajstić information content (AvgIpc) is 2.57. The van der Waals surface area contributed by atoms with Gasteiger partial charge in [-0.25, -0.2) is 9.82 Å². The number of nitrogens with zero attached hydrogens (tertiary/aromatic N) is 1.